The molecule has 1 fully saturated rings. The number of nitrogens with zero attached hydrogens (tertiary/aromatic N) is 2. The first-order valence-corrected chi connectivity index (χ1v) is 12.5. The summed E-state index contributed by atoms with van der Waals surface area (Å²) in [6, 6.07) is 4.50. The van der Waals surface area contributed by atoms with Gasteiger partial charge in [0.25, 0.3) is 5.91 Å². The summed E-state index contributed by atoms with van der Waals surface area (Å²) in [6.07, 6.45) is 2.72. The standard InChI is InChI=1S/C26H40N4O5/c1-16(2)27-26(33)28-20-10-11-22-21(12-20)25(32)29(5)14-23(34-6)17(3)13-30(18(4)15-35-22)24(31)19-8-7-9-19/h10-12,16-19,23H,7-9,13-15H2,1-6H3,(H2,27,28,33)/t17-,18-,23+/m0/s1. The molecule has 9 nitrogen and oxygen atoms in total. The van der Waals surface area contributed by atoms with E-state index >= 15 is 0 Å². The Balaban J connectivity index is 1.91. The molecule has 1 heterocycles. The molecule has 2 aliphatic rings. The number of ether oxygens (including phenoxy) is 2. The molecule has 9 heteroatoms. The highest BCUT2D eigenvalue weighted by Crippen LogP contribution is 2.31. The van der Waals surface area contributed by atoms with Crippen molar-refractivity contribution in [2.75, 3.05) is 39.2 Å². The first-order valence-electron chi connectivity index (χ1n) is 12.5. The van der Waals surface area contributed by atoms with Crippen LogP contribution in [-0.2, 0) is 9.53 Å². The van der Waals surface area contributed by atoms with Gasteiger partial charge in [-0.25, -0.2) is 4.79 Å². The summed E-state index contributed by atoms with van der Waals surface area (Å²) < 4.78 is 11.9. The van der Waals surface area contributed by atoms with Gasteiger partial charge < -0.3 is 29.9 Å². The lowest BCUT2D eigenvalue weighted by Crippen LogP contribution is -2.51. The average molecular weight is 489 g/mol. The molecule has 1 saturated carbocycles. The summed E-state index contributed by atoms with van der Waals surface area (Å²) in [5.74, 6) is 0.473. The fourth-order valence-corrected chi connectivity index (χ4v) is 4.48. The quantitative estimate of drug-likeness (QED) is 0.677. The summed E-state index contributed by atoms with van der Waals surface area (Å²) >= 11 is 0. The highest BCUT2D eigenvalue weighted by molar-refractivity contribution is 5.99. The number of likely N-dealkylation sites (N-methyl/N-ethyl adjacent to an activating group) is 1. The molecule has 0 spiro atoms. The van der Waals surface area contributed by atoms with Crippen molar-refractivity contribution >= 4 is 23.5 Å². The zero-order valence-corrected chi connectivity index (χ0v) is 21.8. The SMILES string of the molecule is CO[C@@H]1CN(C)C(=O)c2cc(NC(=O)NC(C)C)ccc2OC[C@H](C)N(C(=O)C2CCC2)C[C@@H]1C. The second-order valence-corrected chi connectivity index (χ2v) is 10.2. The highest BCUT2D eigenvalue weighted by atomic mass is 16.5. The number of carbonyl (C=O) groups excluding carboxylic acids is 3. The van der Waals surface area contributed by atoms with Crippen molar-refractivity contribution in [2.45, 2.75) is 65.1 Å². The van der Waals surface area contributed by atoms with Crippen LogP contribution in [0.5, 0.6) is 5.75 Å². The number of rotatable bonds is 4. The van der Waals surface area contributed by atoms with E-state index in [1.165, 1.54) is 0 Å². The van der Waals surface area contributed by atoms with Crippen molar-refractivity contribution in [3.8, 4) is 5.75 Å². The average Bonchev–Trinajstić information content (AvgIpc) is 2.76. The third-order valence-corrected chi connectivity index (χ3v) is 6.86. The molecular weight excluding hydrogens is 448 g/mol. The fourth-order valence-electron chi connectivity index (χ4n) is 4.48. The lowest BCUT2D eigenvalue weighted by atomic mass is 9.83. The van der Waals surface area contributed by atoms with E-state index < -0.39 is 0 Å². The third-order valence-electron chi connectivity index (χ3n) is 6.86. The number of hydrogen-bond acceptors (Lipinski definition) is 5. The molecule has 3 rings (SSSR count). The predicted octanol–water partition coefficient (Wildman–Crippen LogP) is 3.35. The Morgan fingerprint density at radius 3 is 2.49 bits per heavy atom. The van der Waals surface area contributed by atoms with Gasteiger partial charge in [-0.3, -0.25) is 9.59 Å². The maximum atomic E-state index is 13.4. The second kappa shape index (κ2) is 11.7. The van der Waals surface area contributed by atoms with Gasteiger partial charge >= 0.3 is 6.03 Å². The van der Waals surface area contributed by atoms with Gasteiger partial charge in [0.1, 0.15) is 12.4 Å². The van der Waals surface area contributed by atoms with Crippen LogP contribution in [-0.4, -0.2) is 79.7 Å². The molecule has 0 aromatic heterocycles. The number of nitrogens with one attached hydrogen (secondary N) is 2. The van der Waals surface area contributed by atoms with E-state index in [0.717, 1.165) is 19.3 Å². The van der Waals surface area contributed by atoms with Crippen LogP contribution >= 0.6 is 0 Å². The van der Waals surface area contributed by atoms with E-state index in [1.807, 2.05) is 25.7 Å². The molecule has 4 amide bonds. The molecule has 0 unspecified atom stereocenters. The van der Waals surface area contributed by atoms with Crippen molar-refractivity contribution in [1.82, 2.24) is 15.1 Å². The molecule has 1 aromatic rings. The van der Waals surface area contributed by atoms with E-state index in [0.29, 0.717) is 30.1 Å². The Hall–Kier alpha value is -2.81. The maximum absolute atomic E-state index is 13.4. The monoisotopic (exact) mass is 488 g/mol. The highest BCUT2D eigenvalue weighted by Gasteiger charge is 2.35. The number of anilines is 1. The normalized spacial score (nSPS) is 24.0. The first kappa shape index (κ1) is 26.8. The zero-order chi connectivity index (χ0) is 25.7. The van der Waals surface area contributed by atoms with Gasteiger partial charge in [0.05, 0.1) is 17.7 Å². The molecule has 0 bridgehead atoms. The summed E-state index contributed by atoms with van der Waals surface area (Å²) in [5, 5.41) is 5.55. The number of amides is 4. The number of benzene rings is 1. The smallest absolute Gasteiger partial charge is 0.319 e. The van der Waals surface area contributed by atoms with Crippen LogP contribution < -0.4 is 15.4 Å². The molecule has 0 saturated heterocycles. The lowest BCUT2D eigenvalue weighted by molar-refractivity contribution is -0.142. The Kier molecular flexibility index (Phi) is 8.99. The van der Waals surface area contributed by atoms with Crippen molar-refractivity contribution in [3.63, 3.8) is 0 Å². The van der Waals surface area contributed by atoms with E-state index in [2.05, 4.69) is 17.6 Å². The Morgan fingerprint density at radius 1 is 1.17 bits per heavy atom. The van der Waals surface area contributed by atoms with Gasteiger partial charge in [0, 0.05) is 50.8 Å². The van der Waals surface area contributed by atoms with Crippen LogP contribution in [0.4, 0.5) is 10.5 Å². The minimum atomic E-state index is -0.345. The van der Waals surface area contributed by atoms with Gasteiger partial charge in [-0.15, -0.1) is 0 Å². The van der Waals surface area contributed by atoms with E-state index in [1.54, 1.807) is 37.3 Å². The van der Waals surface area contributed by atoms with Crippen LogP contribution in [0.2, 0.25) is 0 Å². The Morgan fingerprint density at radius 2 is 1.89 bits per heavy atom. The minimum absolute atomic E-state index is 0.0181. The third kappa shape index (κ3) is 6.66. The summed E-state index contributed by atoms with van der Waals surface area (Å²) in [4.78, 5) is 42.4. The predicted molar refractivity (Wildman–Crippen MR) is 135 cm³/mol. The van der Waals surface area contributed by atoms with Crippen LogP contribution in [0.25, 0.3) is 0 Å². The molecule has 35 heavy (non-hydrogen) atoms. The molecule has 1 aliphatic carbocycles. The van der Waals surface area contributed by atoms with Crippen molar-refractivity contribution < 1.29 is 23.9 Å². The molecule has 1 aromatic carbocycles. The topological polar surface area (TPSA) is 100 Å². The van der Waals surface area contributed by atoms with Crippen molar-refractivity contribution in [1.29, 1.82) is 0 Å². The zero-order valence-electron chi connectivity index (χ0n) is 21.8. The largest absolute Gasteiger partial charge is 0.491 e. The molecule has 194 valence electrons. The van der Waals surface area contributed by atoms with E-state index in [9.17, 15) is 14.4 Å². The Labute approximate surface area is 208 Å². The number of urea groups is 1. The number of fused-ring (bicyclic) bond motifs is 1. The molecule has 0 radical (unpaired) electrons. The first-order chi connectivity index (χ1) is 16.6. The van der Waals surface area contributed by atoms with Gasteiger partial charge in [-0.1, -0.05) is 13.3 Å². The van der Waals surface area contributed by atoms with Crippen molar-refractivity contribution in [3.05, 3.63) is 23.8 Å². The summed E-state index contributed by atoms with van der Waals surface area (Å²) in [5.41, 5.74) is 0.841. The van der Waals surface area contributed by atoms with Gasteiger partial charge in [-0.05, 0) is 51.8 Å². The second-order valence-electron chi connectivity index (χ2n) is 10.2. The van der Waals surface area contributed by atoms with E-state index in [4.69, 9.17) is 9.47 Å². The van der Waals surface area contributed by atoms with Gasteiger partial charge in [0.15, 0.2) is 0 Å². The lowest BCUT2D eigenvalue weighted by Gasteiger charge is -2.39. The number of carbonyl (C=O) groups is 3. The van der Waals surface area contributed by atoms with Gasteiger partial charge in [0.2, 0.25) is 5.91 Å². The molecule has 1 aliphatic heterocycles. The minimum Gasteiger partial charge on any atom is -0.491 e. The maximum Gasteiger partial charge on any atom is 0.319 e. The van der Waals surface area contributed by atoms with Crippen LogP contribution in [0.3, 0.4) is 0 Å². The van der Waals surface area contributed by atoms with Crippen LogP contribution in [0.15, 0.2) is 18.2 Å². The fraction of sp³-hybridized carbons (Fsp3) is 0.654. The Bertz CT molecular complexity index is 917. The van der Waals surface area contributed by atoms with Crippen LogP contribution in [0.1, 0.15) is 57.3 Å². The molecular formula is C26H40N4O5. The molecule has 3 atom stereocenters. The van der Waals surface area contributed by atoms with E-state index in [-0.39, 0.29) is 54.5 Å². The summed E-state index contributed by atoms with van der Waals surface area (Å²) in [6.45, 7) is 8.94. The van der Waals surface area contributed by atoms with Crippen molar-refractivity contribution in [2.24, 2.45) is 11.8 Å². The van der Waals surface area contributed by atoms with Crippen LogP contribution in [0, 0.1) is 11.8 Å². The summed E-state index contributed by atoms with van der Waals surface area (Å²) in [7, 11) is 3.36. The number of methoxy groups -OCH3 is 1. The molecule has 2 N–H and O–H groups in total. The van der Waals surface area contributed by atoms with Gasteiger partial charge in [-0.2, -0.15) is 0 Å². The number of hydrogen-bond donors (Lipinski definition) is 2.